The largest absolute Gasteiger partial charge is 0.542 e. The summed E-state index contributed by atoms with van der Waals surface area (Å²) in [6, 6.07) is 5.97. The van der Waals surface area contributed by atoms with Crippen molar-refractivity contribution in [1.82, 2.24) is 4.90 Å². The van der Waals surface area contributed by atoms with Crippen LogP contribution in [0.5, 0.6) is 5.75 Å². The molecule has 1 aliphatic rings. The van der Waals surface area contributed by atoms with Crippen LogP contribution in [0.2, 0.25) is 21.6 Å². The number of rotatable bonds is 6. The summed E-state index contributed by atoms with van der Waals surface area (Å²) in [6.07, 6.45) is 0. The average molecular weight is 511 g/mol. The molecule has 7 heteroatoms. The topological polar surface area (TPSA) is 29.5 Å². The van der Waals surface area contributed by atoms with Crippen molar-refractivity contribution < 1.29 is 9.22 Å². The van der Waals surface area contributed by atoms with Crippen molar-refractivity contribution in [2.24, 2.45) is 0 Å². The Morgan fingerprint density at radius 1 is 1.03 bits per heavy atom. The third-order valence-corrected chi connectivity index (χ3v) is 14.5. The molecule has 0 atom stereocenters. The van der Waals surface area contributed by atoms with E-state index >= 15 is 0 Å². The first-order valence-corrected chi connectivity index (χ1v) is 14.9. The number of hydrogen-bond acceptors (Lipinski definition) is 3. The van der Waals surface area contributed by atoms with Gasteiger partial charge in [-0.05, 0) is 52.7 Å². The van der Waals surface area contributed by atoms with Crippen LogP contribution in [-0.4, -0.2) is 19.1 Å². The van der Waals surface area contributed by atoms with Crippen LogP contribution >= 0.6 is 34.5 Å². The molecule has 1 amide bonds. The molecule has 3 nitrogen and oxygen atoms in total. The zero-order chi connectivity index (χ0) is 24.0. The minimum atomic E-state index is -2.15. The smallest absolute Gasteiger partial charge is 0.258 e. The molecule has 0 spiro atoms. The summed E-state index contributed by atoms with van der Waals surface area (Å²) in [5.74, 6) is 0.688. The maximum absolute atomic E-state index is 12.5. The van der Waals surface area contributed by atoms with Gasteiger partial charge in [0.25, 0.3) is 8.32 Å². The van der Waals surface area contributed by atoms with Crippen LogP contribution in [-0.2, 0) is 11.3 Å². The summed E-state index contributed by atoms with van der Waals surface area (Å²) in [4.78, 5) is 15.4. The Kier molecular flexibility index (Phi) is 7.55. The average Bonchev–Trinajstić information content (AvgIpc) is 3.18. The molecule has 32 heavy (non-hydrogen) atoms. The zero-order valence-electron chi connectivity index (χ0n) is 20.2. The second kappa shape index (κ2) is 9.53. The third kappa shape index (κ3) is 4.18. The lowest BCUT2D eigenvalue weighted by atomic mass is 9.99. The fourth-order valence-corrected chi connectivity index (χ4v) is 12.0. The van der Waals surface area contributed by atoms with Gasteiger partial charge in [0.2, 0.25) is 5.91 Å². The fraction of sp³-hybridized carbons (Fsp3) is 0.480. The summed E-state index contributed by atoms with van der Waals surface area (Å²) >= 11 is 15.4. The quantitative estimate of drug-likeness (QED) is 0.364. The molecule has 0 aliphatic carbocycles. The summed E-state index contributed by atoms with van der Waals surface area (Å²) in [5, 5.41) is 3.20. The molecule has 1 aliphatic heterocycles. The van der Waals surface area contributed by atoms with E-state index in [4.69, 9.17) is 27.6 Å². The Balaban J connectivity index is 2.14. The molecule has 1 aromatic heterocycles. The molecule has 0 saturated heterocycles. The molecule has 0 N–H and O–H groups in total. The van der Waals surface area contributed by atoms with Gasteiger partial charge in [-0.25, -0.2) is 0 Å². The van der Waals surface area contributed by atoms with Gasteiger partial charge < -0.3 is 9.33 Å². The Morgan fingerprint density at radius 3 is 2.16 bits per heavy atom. The van der Waals surface area contributed by atoms with Gasteiger partial charge in [-0.3, -0.25) is 4.79 Å². The van der Waals surface area contributed by atoms with Crippen LogP contribution in [0, 0.1) is 6.92 Å². The minimum absolute atomic E-state index is 0.0427. The standard InChI is InChI=1S/C25H33Cl2NO2SSi/c1-14(2)32(15(3)4,16(5)6)30-21-10-9-19(17(7)23(21)26)25-24(27)20-11-12-31-22(20)13-28(25)18(8)29/h9-12,14-16H,13H2,1-8H3. The maximum Gasteiger partial charge on any atom is 0.258 e. The highest BCUT2D eigenvalue weighted by Gasteiger charge is 2.47. The summed E-state index contributed by atoms with van der Waals surface area (Å²) in [6.45, 7) is 17.6. The van der Waals surface area contributed by atoms with Gasteiger partial charge in [0.05, 0.1) is 22.3 Å². The van der Waals surface area contributed by atoms with Crippen LogP contribution in [0.1, 0.15) is 70.0 Å². The zero-order valence-corrected chi connectivity index (χ0v) is 23.5. The number of halogens is 2. The van der Waals surface area contributed by atoms with Crippen LogP contribution in [0.25, 0.3) is 10.7 Å². The second-order valence-corrected chi connectivity index (χ2v) is 16.6. The van der Waals surface area contributed by atoms with E-state index in [9.17, 15) is 4.79 Å². The molecule has 3 rings (SSSR count). The molecule has 0 saturated carbocycles. The van der Waals surface area contributed by atoms with E-state index in [1.807, 2.05) is 30.5 Å². The summed E-state index contributed by atoms with van der Waals surface area (Å²) in [5.41, 5.74) is 4.78. The van der Waals surface area contributed by atoms with E-state index in [2.05, 4.69) is 41.5 Å². The first kappa shape index (κ1) is 25.4. The van der Waals surface area contributed by atoms with Gasteiger partial charge >= 0.3 is 0 Å². The highest BCUT2D eigenvalue weighted by molar-refractivity contribution is 7.10. The van der Waals surface area contributed by atoms with Crippen molar-refractivity contribution in [3.05, 3.63) is 50.2 Å². The summed E-state index contributed by atoms with van der Waals surface area (Å²) in [7, 11) is -2.15. The maximum atomic E-state index is 12.5. The van der Waals surface area contributed by atoms with Crippen molar-refractivity contribution in [2.45, 2.75) is 78.6 Å². The molecule has 0 radical (unpaired) electrons. The van der Waals surface area contributed by atoms with Gasteiger partial charge in [-0.1, -0.05) is 64.7 Å². The molecule has 0 fully saturated rings. The Bertz CT molecular complexity index is 1040. The number of thiophene rings is 1. The van der Waals surface area contributed by atoms with Gasteiger partial charge in [-0.15, -0.1) is 11.3 Å². The third-order valence-electron chi connectivity index (χ3n) is 6.74. The molecule has 1 aromatic carbocycles. The van der Waals surface area contributed by atoms with E-state index in [-0.39, 0.29) is 5.91 Å². The lowest BCUT2D eigenvalue weighted by molar-refractivity contribution is -0.126. The molecule has 2 aromatic rings. The molecular weight excluding hydrogens is 477 g/mol. The van der Waals surface area contributed by atoms with E-state index in [1.54, 1.807) is 23.2 Å². The molecule has 0 bridgehead atoms. The monoisotopic (exact) mass is 509 g/mol. The number of carbonyl (C=O) groups is 1. The second-order valence-electron chi connectivity index (χ2n) is 9.50. The van der Waals surface area contributed by atoms with Crippen molar-refractivity contribution >= 4 is 59.5 Å². The number of nitrogens with zero attached hydrogens (tertiary/aromatic N) is 1. The van der Waals surface area contributed by atoms with E-state index < -0.39 is 8.32 Å². The Morgan fingerprint density at radius 2 is 1.62 bits per heavy atom. The SMILES string of the molecule is CC(=O)N1Cc2sccc2C(Cl)=C1c1ccc(O[Si](C(C)C)(C(C)C)C(C)C)c(Cl)c1C. The van der Waals surface area contributed by atoms with Crippen LogP contribution < -0.4 is 4.43 Å². The predicted molar refractivity (Wildman–Crippen MR) is 141 cm³/mol. The lowest BCUT2D eigenvalue weighted by Gasteiger charge is -2.42. The normalized spacial score (nSPS) is 14.6. The fourth-order valence-electron chi connectivity index (χ4n) is 5.20. The number of hydrogen-bond donors (Lipinski definition) is 0. The highest BCUT2D eigenvalue weighted by atomic mass is 35.5. The number of amides is 1. The van der Waals surface area contributed by atoms with Crippen LogP contribution in [0.15, 0.2) is 23.6 Å². The van der Waals surface area contributed by atoms with E-state index in [0.29, 0.717) is 33.2 Å². The van der Waals surface area contributed by atoms with E-state index in [0.717, 1.165) is 33.0 Å². The summed E-state index contributed by atoms with van der Waals surface area (Å²) < 4.78 is 6.86. The lowest BCUT2D eigenvalue weighted by Crippen LogP contribution is -2.50. The van der Waals surface area contributed by atoms with Crippen molar-refractivity contribution in [2.75, 3.05) is 0 Å². The number of benzene rings is 1. The number of fused-ring (bicyclic) bond motifs is 1. The first-order chi connectivity index (χ1) is 14.9. The van der Waals surface area contributed by atoms with Crippen molar-refractivity contribution in [3.63, 3.8) is 0 Å². The number of carbonyl (C=O) groups excluding carboxylic acids is 1. The molecule has 0 unspecified atom stereocenters. The van der Waals surface area contributed by atoms with Gasteiger partial charge in [-0.2, -0.15) is 0 Å². The minimum Gasteiger partial charge on any atom is -0.542 e. The molecular formula is C25H33Cl2NO2SSi. The molecule has 174 valence electrons. The van der Waals surface area contributed by atoms with Gasteiger partial charge in [0.15, 0.2) is 0 Å². The highest BCUT2D eigenvalue weighted by Crippen LogP contribution is 2.47. The van der Waals surface area contributed by atoms with Crippen molar-refractivity contribution in [3.8, 4) is 5.75 Å². The van der Waals surface area contributed by atoms with E-state index in [1.165, 1.54) is 0 Å². The Labute approximate surface area is 207 Å². The van der Waals surface area contributed by atoms with Crippen LogP contribution in [0.4, 0.5) is 0 Å². The van der Waals surface area contributed by atoms with Crippen molar-refractivity contribution in [1.29, 1.82) is 0 Å². The molecule has 2 heterocycles. The van der Waals surface area contributed by atoms with Gasteiger partial charge in [0, 0.05) is 22.9 Å². The van der Waals surface area contributed by atoms with Gasteiger partial charge in [0.1, 0.15) is 5.75 Å². The first-order valence-electron chi connectivity index (χ1n) is 11.2. The Hall–Kier alpha value is -1.27. The van der Waals surface area contributed by atoms with Crippen LogP contribution in [0.3, 0.4) is 0 Å². The predicted octanol–water partition coefficient (Wildman–Crippen LogP) is 8.69.